The lowest BCUT2D eigenvalue weighted by Crippen LogP contribution is -2.30. The standard InChI is InChI=1S/C13H20N2O/c14-10-6-2-5-9-12(15)13(16)11-7-3-1-4-8-11/h1,3-4,7-8,12H,2,5-6,9-10,14-15H2. The van der Waals surface area contributed by atoms with Gasteiger partial charge in [0.05, 0.1) is 6.04 Å². The van der Waals surface area contributed by atoms with E-state index >= 15 is 0 Å². The van der Waals surface area contributed by atoms with Crippen molar-refractivity contribution in [1.82, 2.24) is 0 Å². The summed E-state index contributed by atoms with van der Waals surface area (Å²) >= 11 is 0. The number of Topliss-reactive ketones (excluding diaryl/α,β-unsaturated/α-hetero) is 1. The van der Waals surface area contributed by atoms with Gasteiger partial charge in [0.1, 0.15) is 0 Å². The fourth-order valence-corrected chi connectivity index (χ4v) is 1.63. The molecule has 1 atom stereocenters. The second kappa shape index (κ2) is 7.14. The molecule has 0 radical (unpaired) electrons. The Hall–Kier alpha value is -1.19. The normalized spacial score (nSPS) is 12.4. The van der Waals surface area contributed by atoms with Gasteiger partial charge in [-0.25, -0.2) is 0 Å². The van der Waals surface area contributed by atoms with Gasteiger partial charge < -0.3 is 11.5 Å². The van der Waals surface area contributed by atoms with Gasteiger partial charge in [0.25, 0.3) is 0 Å². The van der Waals surface area contributed by atoms with Crippen molar-refractivity contribution in [1.29, 1.82) is 0 Å². The first-order valence-electron chi connectivity index (χ1n) is 5.80. The predicted molar refractivity (Wildman–Crippen MR) is 66.3 cm³/mol. The van der Waals surface area contributed by atoms with E-state index in [9.17, 15) is 4.79 Å². The molecule has 0 amide bonds. The zero-order valence-corrected chi connectivity index (χ0v) is 9.56. The Morgan fingerprint density at radius 2 is 1.81 bits per heavy atom. The lowest BCUT2D eigenvalue weighted by molar-refractivity contribution is 0.0956. The molecule has 0 fully saturated rings. The summed E-state index contributed by atoms with van der Waals surface area (Å²) in [5.41, 5.74) is 12.0. The highest BCUT2D eigenvalue weighted by Gasteiger charge is 2.14. The molecule has 1 aromatic rings. The molecule has 0 spiro atoms. The Morgan fingerprint density at radius 3 is 2.44 bits per heavy atom. The van der Waals surface area contributed by atoms with Crippen LogP contribution in [0.5, 0.6) is 0 Å². The second-order valence-electron chi connectivity index (χ2n) is 3.97. The summed E-state index contributed by atoms with van der Waals surface area (Å²) in [4.78, 5) is 11.9. The Kier molecular flexibility index (Phi) is 5.75. The highest BCUT2D eigenvalue weighted by Crippen LogP contribution is 2.08. The van der Waals surface area contributed by atoms with Crippen LogP contribution in [0.3, 0.4) is 0 Å². The van der Waals surface area contributed by atoms with Gasteiger partial charge in [-0.15, -0.1) is 0 Å². The zero-order valence-electron chi connectivity index (χ0n) is 9.56. The van der Waals surface area contributed by atoms with Crippen LogP contribution in [0.15, 0.2) is 30.3 Å². The van der Waals surface area contributed by atoms with Gasteiger partial charge in [0.2, 0.25) is 0 Å². The van der Waals surface area contributed by atoms with Crippen LogP contribution < -0.4 is 11.5 Å². The molecule has 0 bridgehead atoms. The monoisotopic (exact) mass is 220 g/mol. The van der Waals surface area contributed by atoms with E-state index in [0.717, 1.165) is 25.7 Å². The number of carbonyl (C=O) groups is 1. The second-order valence-corrected chi connectivity index (χ2v) is 3.97. The third-order valence-electron chi connectivity index (χ3n) is 2.61. The van der Waals surface area contributed by atoms with Crippen molar-refractivity contribution in [3.8, 4) is 0 Å². The van der Waals surface area contributed by atoms with Gasteiger partial charge >= 0.3 is 0 Å². The fraction of sp³-hybridized carbons (Fsp3) is 0.462. The van der Waals surface area contributed by atoms with E-state index in [-0.39, 0.29) is 11.8 Å². The number of unbranched alkanes of at least 4 members (excludes halogenated alkanes) is 2. The highest BCUT2D eigenvalue weighted by atomic mass is 16.1. The lowest BCUT2D eigenvalue weighted by Gasteiger charge is -2.10. The van der Waals surface area contributed by atoms with Crippen molar-refractivity contribution in [2.45, 2.75) is 31.7 Å². The van der Waals surface area contributed by atoms with E-state index in [2.05, 4.69) is 0 Å². The smallest absolute Gasteiger partial charge is 0.179 e. The van der Waals surface area contributed by atoms with Gasteiger partial charge in [0, 0.05) is 5.56 Å². The van der Waals surface area contributed by atoms with E-state index in [1.54, 1.807) is 0 Å². The van der Waals surface area contributed by atoms with Crippen LogP contribution in [0.2, 0.25) is 0 Å². The van der Waals surface area contributed by atoms with Crippen LogP contribution >= 0.6 is 0 Å². The molecule has 88 valence electrons. The van der Waals surface area contributed by atoms with Crippen molar-refractivity contribution in [2.75, 3.05) is 6.54 Å². The van der Waals surface area contributed by atoms with E-state index < -0.39 is 0 Å². The van der Waals surface area contributed by atoms with Crippen molar-refractivity contribution < 1.29 is 4.79 Å². The van der Waals surface area contributed by atoms with Crippen molar-refractivity contribution >= 4 is 5.78 Å². The number of carbonyl (C=O) groups excluding carboxylic acids is 1. The molecule has 3 nitrogen and oxygen atoms in total. The van der Waals surface area contributed by atoms with E-state index in [1.165, 1.54) is 0 Å². The lowest BCUT2D eigenvalue weighted by atomic mass is 10.00. The maximum absolute atomic E-state index is 11.9. The average Bonchev–Trinajstić information content (AvgIpc) is 2.34. The van der Waals surface area contributed by atoms with Crippen LogP contribution in [0.25, 0.3) is 0 Å². The van der Waals surface area contributed by atoms with Crippen LogP contribution in [0.4, 0.5) is 0 Å². The summed E-state index contributed by atoms with van der Waals surface area (Å²) in [7, 11) is 0. The first kappa shape index (κ1) is 12.9. The summed E-state index contributed by atoms with van der Waals surface area (Å²) in [5, 5.41) is 0. The van der Waals surface area contributed by atoms with Crippen LogP contribution in [-0.2, 0) is 0 Å². The van der Waals surface area contributed by atoms with Crippen LogP contribution in [-0.4, -0.2) is 18.4 Å². The summed E-state index contributed by atoms with van der Waals surface area (Å²) < 4.78 is 0. The average molecular weight is 220 g/mol. The molecule has 0 aliphatic carbocycles. The number of hydrogen-bond acceptors (Lipinski definition) is 3. The van der Waals surface area contributed by atoms with Gasteiger partial charge in [-0.1, -0.05) is 43.2 Å². The number of hydrogen-bond donors (Lipinski definition) is 2. The zero-order chi connectivity index (χ0) is 11.8. The minimum absolute atomic E-state index is 0.0355. The largest absolute Gasteiger partial charge is 0.330 e. The number of rotatable bonds is 7. The molecule has 1 aromatic carbocycles. The summed E-state index contributed by atoms with van der Waals surface area (Å²) in [6.45, 7) is 0.710. The van der Waals surface area contributed by atoms with E-state index in [0.29, 0.717) is 12.1 Å². The van der Waals surface area contributed by atoms with Crippen molar-refractivity contribution in [2.24, 2.45) is 11.5 Å². The van der Waals surface area contributed by atoms with E-state index in [1.807, 2.05) is 30.3 Å². The molecule has 1 unspecified atom stereocenters. The molecule has 0 aliphatic rings. The van der Waals surface area contributed by atoms with E-state index in [4.69, 9.17) is 11.5 Å². The maximum atomic E-state index is 11.9. The first-order valence-corrected chi connectivity index (χ1v) is 5.80. The van der Waals surface area contributed by atoms with Crippen LogP contribution in [0, 0.1) is 0 Å². The first-order chi connectivity index (χ1) is 7.75. The quantitative estimate of drug-likeness (QED) is 0.543. The molecule has 0 saturated carbocycles. The Morgan fingerprint density at radius 1 is 1.12 bits per heavy atom. The highest BCUT2D eigenvalue weighted by molar-refractivity contribution is 5.99. The third-order valence-corrected chi connectivity index (χ3v) is 2.61. The number of benzene rings is 1. The third kappa shape index (κ3) is 4.13. The molecule has 3 heteroatoms. The fourth-order valence-electron chi connectivity index (χ4n) is 1.63. The van der Waals surface area contributed by atoms with Gasteiger partial charge in [0.15, 0.2) is 5.78 Å². The summed E-state index contributed by atoms with van der Waals surface area (Å²) in [6, 6.07) is 8.84. The molecule has 0 saturated heterocycles. The summed E-state index contributed by atoms with van der Waals surface area (Å²) in [6.07, 6.45) is 3.77. The Bertz CT molecular complexity index is 311. The minimum Gasteiger partial charge on any atom is -0.330 e. The Balaban J connectivity index is 2.37. The SMILES string of the molecule is NCCCCCC(N)C(=O)c1ccccc1. The minimum atomic E-state index is -0.375. The topological polar surface area (TPSA) is 69.1 Å². The van der Waals surface area contributed by atoms with Crippen molar-refractivity contribution in [3.63, 3.8) is 0 Å². The molecule has 0 aromatic heterocycles. The predicted octanol–water partition coefficient (Wildman–Crippen LogP) is 1.72. The molecule has 0 heterocycles. The van der Waals surface area contributed by atoms with Gasteiger partial charge in [-0.05, 0) is 19.4 Å². The molecular formula is C13H20N2O. The number of nitrogens with two attached hydrogens (primary N) is 2. The number of ketones is 1. The van der Waals surface area contributed by atoms with Gasteiger partial charge in [-0.2, -0.15) is 0 Å². The van der Waals surface area contributed by atoms with Crippen LogP contribution in [0.1, 0.15) is 36.0 Å². The molecule has 4 N–H and O–H groups in total. The Labute approximate surface area is 96.8 Å². The summed E-state index contributed by atoms with van der Waals surface area (Å²) in [5.74, 6) is 0.0355. The molecule has 1 rings (SSSR count). The molecule has 16 heavy (non-hydrogen) atoms. The maximum Gasteiger partial charge on any atom is 0.179 e. The molecular weight excluding hydrogens is 200 g/mol. The molecule has 0 aliphatic heterocycles. The van der Waals surface area contributed by atoms with Crippen molar-refractivity contribution in [3.05, 3.63) is 35.9 Å². The van der Waals surface area contributed by atoms with Gasteiger partial charge in [-0.3, -0.25) is 4.79 Å².